The highest BCUT2D eigenvalue weighted by Gasteiger charge is 2.25. The second kappa shape index (κ2) is 8.98. The van der Waals surface area contributed by atoms with E-state index in [4.69, 9.17) is 16.2 Å². The molecule has 0 bridgehead atoms. The minimum atomic E-state index is -0.673. The number of benzene rings is 2. The summed E-state index contributed by atoms with van der Waals surface area (Å²) in [7, 11) is 0. The van der Waals surface area contributed by atoms with Gasteiger partial charge in [0.05, 0.1) is 11.9 Å². The van der Waals surface area contributed by atoms with E-state index in [0.29, 0.717) is 24.4 Å². The van der Waals surface area contributed by atoms with E-state index >= 15 is 0 Å². The second-order valence-corrected chi connectivity index (χ2v) is 8.33. The van der Waals surface area contributed by atoms with Gasteiger partial charge in [0.15, 0.2) is 5.69 Å². The number of aromatic amines is 1. The summed E-state index contributed by atoms with van der Waals surface area (Å²) in [5.41, 5.74) is 18.6. The largest absolute Gasteiger partial charge is 0.489 e. The van der Waals surface area contributed by atoms with E-state index in [0.717, 1.165) is 39.0 Å². The van der Waals surface area contributed by atoms with Crippen LogP contribution in [-0.2, 0) is 13.2 Å². The molecule has 0 spiro atoms. The molecule has 5 rings (SSSR count). The topological polar surface area (TPSA) is 125 Å². The maximum absolute atomic E-state index is 12.3. The summed E-state index contributed by atoms with van der Waals surface area (Å²) in [6.07, 6.45) is 5.58. The standard InChI is InChI=1S/C27H26N6O2/c1-3-33-14-20(18-12-30-31-13-18)23-22(24(28)25(26(29)34)32-27(23)33)19-10-7-11-21(16(19)2)35-15-17-8-5-4-6-9-17/h4-14H,3,15,28H2,1-2H3,(H2,29,34)(H,30,31). The van der Waals surface area contributed by atoms with Crippen molar-refractivity contribution in [2.75, 3.05) is 5.73 Å². The fraction of sp³-hybridized carbons (Fsp3) is 0.148. The first-order chi connectivity index (χ1) is 17.0. The summed E-state index contributed by atoms with van der Waals surface area (Å²) >= 11 is 0. The van der Waals surface area contributed by atoms with Crippen molar-refractivity contribution < 1.29 is 9.53 Å². The van der Waals surface area contributed by atoms with Crippen molar-refractivity contribution in [3.63, 3.8) is 0 Å². The van der Waals surface area contributed by atoms with Crippen LogP contribution < -0.4 is 16.2 Å². The van der Waals surface area contributed by atoms with Crippen LogP contribution in [0, 0.1) is 6.92 Å². The maximum Gasteiger partial charge on any atom is 0.269 e. The van der Waals surface area contributed by atoms with Crippen LogP contribution in [-0.4, -0.2) is 25.7 Å². The van der Waals surface area contributed by atoms with Crippen molar-refractivity contribution >= 4 is 22.6 Å². The number of nitrogens with one attached hydrogen (secondary N) is 1. The maximum atomic E-state index is 12.3. The average molecular weight is 467 g/mol. The number of nitrogens with zero attached hydrogens (tertiary/aromatic N) is 3. The molecule has 0 unspecified atom stereocenters. The lowest BCUT2D eigenvalue weighted by atomic mass is 9.93. The van der Waals surface area contributed by atoms with E-state index in [1.807, 2.05) is 79.3 Å². The zero-order chi connectivity index (χ0) is 24.5. The molecule has 8 nitrogen and oxygen atoms in total. The molecule has 0 fully saturated rings. The van der Waals surface area contributed by atoms with Gasteiger partial charge >= 0.3 is 0 Å². The smallest absolute Gasteiger partial charge is 0.269 e. The van der Waals surface area contributed by atoms with Gasteiger partial charge in [-0.1, -0.05) is 42.5 Å². The molecule has 5 N–H and O–H groups in total. The quantitative estimate of drug-likeness (QED) is 0.321. The van der Waals surface area contributed by atoms with Crippen molar-refractivity contribution in [3.8, 4) is 28.0 Å². The summed E-state index contributed by atoms with van der Waals surface area (Å²) in [4.78, 5) is 16.9. The van der Waals surface area contributed by atoms with Crippen molar-refractivity contribution in [1.82, 2.24) is 19.7 Å². The Morgan fingerprint density at radius 3 is 2.60 bits per heavy atom. The van der Waals surface area contributed by atoms with Gasteiger partial charge in [0.2, 0.25) is 0 Å². The number of pyridine rings is 1. The lowest BCUT2D eigenvalue weighted by Crippen LogP contribution is -2.17. The van der Waals surface area contributed by atoms with Crippen LogP contribution in [0.2, 0.25) is 0 Å². The molecule has 0 aliphatic carbocycles. The highest BCUT2D eigenvalue weighted by atomic mass is 16.5. The number of amides is 1. The first kappa shape index (κ1) is 22.2. The molecule has 35 heavy (non-hydrogen) atoms. The monoisotopic (exact) mass is 466 g/mol. The zero-order valence-electron chi connectivity index (χ0n) is 19.6. The van der Waals surface area contributed by atoms with Crippen molar-refractivity contribution in [2.24, 2.45) is 5.73 Å². The summed E-state index contributed by atoms with van der Waals surface area (Å²) in [6.45, 7) is 5.09. The predicted octanol–water partition coefficient (Wildman–Crippen LogP) is 4.68. The summed E-state index contributed by atoms with van der Waals surface area (Å²) in [6, 6.07) is 15.8. The molecule has 0 saturated heterocycles. The van der Waals surface area contributed by atoms with Gasteiger partial charge < -0.3 is 20.8 Å². The van der Waals surface area contributed by atoms with Crippen LogP contribution in [0.1, 0.15) is 28.5 Å². The third-order valence-corrected chi connectivity index (χ3v) is 6.22. The van der Waals surface area contributed by atoms with Gasteiger partial charge in [0, 0.05) is 41.0 Å². The molecule has 5 aromatic rings. The minimum absolute atomic E-state index is 0.0500. The van der Waals surface area contributed by atoms with E-state index < -0.39 is 5.91 Å². The number of carbonyl (C=O) groups excluding carboxylic acids is 1. The molecule has 176 valence electrons. The van der Waals surface area contributed by atoms with Crippen LogP contribution >= 0.6 is 0 Å². The van der Waals surface area contributed by atoms with Gasteiger partial charge in [-0.15, -0.1) is 0 Å². The number of primary amides is 1. The van der Waals surface area contributed by atoms with E-state index in [1.54, 1.807) is 6.20 Å². The van der Waals surface area contributed by atoms with Gasteiger partial charge in [-0.05, 0) is 36.6 Å². The molecule has 0 aliphatic rings. The molecular formula is C27H26N6O2. The lowest BCUT2D eigenvalue weighted by Gasteiger charge is -2.17. The first-order valence-corrected chi connectivity index (χ1v) is 11.4. The van der Waals surface area contributed by atoms with Crippen molar-refractivity contribution in [2.45, 2.75) is 27.0 Å². The number of hydrogen-bond acceptors (Lipinski definition) is 5. The van der Waals surface area contributed by atoms with Gasteiger partial charge in [-0.2, -0.15) is 5.10 Å². The Morgan fingerprint density at radius 1 is 1.11 bits per heavy atom. The van der Waals surface area contributed by atoms with Crippen LogP contribution in [0.5, 0.6) is 5.75 Å². The van der Waals surface area contributed by atoms with Gasteiger partial charge in [0.25, 0.3) is 5.91 Å². The number of anilines is 1. The minimum Gasteiger partial charge on any atom is -0.489 e. The van der Waals surface area contributed by atoms with Crippen LogP contribution in [0.3, 0.4) is 0 Å². The van der Waals surface area contributed by atoms with Gasteiger partial charge in [-0.3, -0.25) is 9.89 Å². The highest BCUT2D eigenvalue weighted by molar-refractivity contribution is 6.13. The fourth-order valence-electron chi connectivity index (χ4n) is 4.43. The first-order valence-electron chi connectivity index (χ1n) is 11.4. The number of aryl methyl sites for hydroxylation is 1. The Labute approximate surface area is 202 Å². The summed E-state index contributed by atoms with van der Waals surface area (Å²) in [5, 5.41) is 7.82. The number of ether oxygens (including phenoxy) is 1. The number of nitrogens with two attached hydrogens (primary N) is 2. The Kier molecular flexibility index (Phi) is 5.70. The Bertz CT molecular complexity index is 1520. The molecule has 0 atom stereocenters. The molecule has 0 saturated carbocycles. The summed E-state index contributed by atoms with van der Waals surface area (Å²) in [5.74, 6) is 0.0598. The van der Waals surface area contributed by atoms with Crippen LogP contribution in [0.4, 0.5) is 5.69 Å². The van der Waals surface area contributed by atoms with Gasteiger partial charge in [-0.25, -0.2) is 4.98 Å². The number of nitrogen functional groups attached to an aromatic ring is 1. The average Bonchev–Trinajstić information content (AvgIpc) is 3.52. The Hall–Kier alpha value is -4.59. The zero-order valence-corrected chi connectivity index (χ0v) is 19.6. The number of aromatic nitrogens is 4. The van der Waals surface area contributed by atoms with Crippen LogP contribution in [0.15, 0.2) is 67.1 Å². The van der Waals surface area contributed by atoms with Gasteiger partial charge in [0.1, 0.15) is 18.0 Å². The lowest BCUT2D eigenvalue weighted by molar-refractivity contribution is 0.0997. The normalized spacial score (nSPS) is 11.1. The van der Waals surface area contributed by atoms with Crippen molar-refractivity contribution in [1.29, 1.82) is 0 Å². The number of hydrogen-bond donors (Lipinski definition) is 3. The third-order valence-electron chi connectivity index (χ3n) is 6.22. The molecule has 0 aliphatic heterocycles. The Morgan fingerprint density at radius 2 is 1.91 bits per heavy atom. The molecule has 0 radical (unpaired) electrons. The highest BCUT2D eigenvalue weighted by Crippen LogP contribution is 2.43. The molecule has 2 aromatic carbocycles. The number of rotatable bonds is 7. The van der Waals surface area contributed by atoms with E-state index in [-0.39, 0.29) is 11.4 Å². The third kappa shape index (κ3) is 3.89. The number of carbonyl (C=O) groups is 1. The second-order valence-electron chi connectivity index (χ2n) is 8.33. The van der Waals surface area contributed by atoms with E-state index in [9.17, 15) is 4.79 Å². The van der Waals surface area contributed by atoms with E-state index in [1.165, 1.54) is 0 Å². The molecule has 8 heteroatoms. The SMILES string of the molecule is CCn1cc(-c2cn[nH]c2)c2c(-c3cccc(OCc4ccccc4)c3C)c(N)c(C(N)=O)nc21. The predicted molar refractivity (Wildman–Crippen MR) is 137 cm³/mol. The molecule has 3 heterocycles. The Balaban J connectivity index is 1.75. The molecular weight excluding hydrogens is 440 g/mol. The number of fused-ring (bicyclic) bond motifs is 1. The fourth-order valence-corrected chi connectivity index (χ4v) is 4.43. The molecule has 3 aromatic heterocycles. The number of H-pyrrole nitrogens is 1. The van der Waals surface area contributed by atoms with E-state index in [2.05, 4.69) is 15.2 Å². The van der Waals surface area contributed by atoms with Crippen LogP contribution in [0.25, 0.3) is 33.3 Å². The summed E-state index contributed by atoms with van der Waals surface area (Å²) < 4.78 is 8.16. The van der Waals surface area contributed by atoms with Crippen molar-refractivity contribution in [3.05, 3.63) is 83.9 Å². The molecule has 1 amide bonds.